The Hall–Kier alpha value is -1.64. The smallest absolute Gasteiger partial charge is 0.263 e. The molecule has 0 saturated carbocycles. The van der Waals surface area contributed by atoms with Gasteiger partial charge in [-0.3, -0.25) is 0 Å². The van der Waals surface area contributed by atoms with Gasteiger partial charge in [0.25, 0.3) is 6.43 Å². The lowest BCUT2D eigenvalue weighted by atomic mass is 10.1. The predicted octanol–water partition coefficient (Wildman–Crippen LogP) is 3.36. The second-order valence-electron chi connectivity index (χ2n) is 3.13. The molecule has 0 bridgehead atoms. The van der Waals surface area contributed by atoms with Gasteiger partial charge in [-0.1, -0.05) is 24.3 Å². The van der Waals surface area contributed by atoms with Crippen molar-refractivity contribution in [2.75, 3.05) is 5.73 Å². The zero-order valence-corrected chi connectivity index (χ0v) is 7.37. The van der Waals surface area contributed by atoms with Crippen LogP contribution in [0.15, 0.2) is 36.4 Å². The minimum absolute atomic E-state index is 0.00963. The van der Waals surface area contributed by atoms with Gasteiger partial charge in [0, 0.05) is 16.6 Å². The minimum atomic E-state index is -2.45. The molecule has 2 rings (SSSR count). The van der Waals surface area contributed by atoms with Crippen LogP contribution in [-0.2, 0) is 0 Å². The summed E-state index contributed by atoms with van der Waals surface area (Å²) in [5.41, 5.74) is 6.22. The summed E-state index contributed by atoms with van der Waals surface area (Å²) >= 11 is 0. The van der Waals surface area contributed by atoms with E-state index in [0.717, 1.165) is 5.39 Å². The molecule has 1 nitrogen and oxygen atoms in total. The van der Waals surface area contributed by atoms with E-state index >= 15 is 0 Å². The van der Waals surface area contributed by atoms with Crippen LogP contribution >= 0.6 is 0 Å². The summed E-state index contributed by atoms with van der Waals surface area (Å²) in [5.74, 6) is 0. The normalized spacial score (nSPS) is 11.1. The summed E-state index contributed by atoms with van der Waals surface area (Å²) in [4.78, 5) is 0. The molecule has 0 spiro atoms. The van der Waals surface area contributed by atoms with Crippen molar-refractivity contribution in [2.24, 2.45) is 0 Å². The third-order valence-corrected chi connectivity index (χ3v) is 2.19. The van der Waals surface area contributed by atoms with Gasteiger partial charge in [0.15, 0.2) is 0 Å². The lowest BCUT2D eigenvalue weighted by molar-refractivity contribution is 0.151. The van der Waals surface area contributed by atoms with E-state index in [2.05, 4.69) is 0 Å². The highest BCUT2D eigenvalue weighted by Crippen LogP contribution is 2.26. The van der Waals surface area contributed by atoms with E-state index < -0.39 is 6.43 Å². The number of hydrogen-bond acceptors (Lipinski definition) is 1. The monoisotopic (exact) mass is 193 g/mol. The van der Waals surface area contributed by atoms with Crippen molar-refractivity contribution in [3.63, 3.8) is 0 Å². The Balaban J connectivity index is 2.70. The van der Waals surface area contributed by atoms with Gasteiger partial charge in [0.05, 0.1) is 0 Å². The van der Waals surface area contributed by atoms with Crippen LogP contribution in [0, 0.1) is 0 Å². The van der Waals surface area contributed by atoms with Crippen molar-refractivity contribution >= 4 is 16.5 Å². The molecule has 0 aromatic heterocycles. The van der Waals surface area contributed by atoms with Gasteiger partial charge in [-0.2, -0.15) is 0 Å². The Morgan fingerprint density at radius 1 is 1.07 bits per heavy atom. The number of halogens is 2. The molecule has 14 heavy (non-hydrogen) atoms. The number of nitrogens with two attached hydrogens (primary N) is 1. The average Bonchev–Trinajstić information content (AvgIpc) is 2.18. The van der Waals surface area contributed by atoms with E-state index in [1.54, 1.807) is 18.2 Å². The number of hydrogen-bond donors (Lipinski definition) is 1. The van der Waals surface area contributed by atoms with Gasteiger partial charge in [-0.25, -0.2) is 8.78 Å². The van der Waals surface area contributed by atoms with Crippen molar-refractivity contribution < 1.29 is 8.78 Å². The molecular weight excluding hydrogens is 184 g/mol. The van der Waals surface area contributed by atoms with Crippen LogP contribution in [0.1, 0.15) is 12.0 Å². The first-order valence-corrected chi connectivity index (χ1v) is 4.25. The highest BCUT2D eigenvalue weighted by atomic mass is 19.3. The lowest BCUT2D eigenvalue weighted by Gasteiger charge is -2.04. The third-order valence-electron chi connectivity index (χ3n) is 2.19. The number of benzene rings is 2. The molecule has 0 aliphatic heterocycles. The molecule has 0 heterocycles. The molecular formula is C11H9F2N. The maximum atomic E-state index is 12.4. The quantitative estimate of drug-likeness (QED) is 0.690. The molecule has 0 unspecified atom stereocenters. The number of fused-ring (bicyclic) bond motifs is 1. The largest absolute Gasteiger partial charge is 0.398 e. The Morgan fingerprint density at radius 3 is 2.57 bits per heavy atom. The molecule has 0 aliphatic carbocycles. The van der Waals surface area contributed by atoms with Crippen molar-refractivity contribution in [3.05, 3.63) is 42.0 Å². The van der Waals surface area contributed by atoms with Crippen LogP contribution in [0.5, 0.6) is 0 Å². The molecule has 0 fully saturated rings. The molecule has 3 heteroatoms. The topological polar surface area (TPSA) is 26.0 Å². The van der Waals surface area contributed by atoms with Crippen LogP contribution in [0.4, 0.5) is 14.5 Å². The molecule has 0 atom stereocenters. The fourth-order valence-electron chi connectivity index (χ4n) is 1.45. The Kier molecular flexibility index (Phi) is 2.08. The highest BCUT2D eigenvalue weighted by Gasteiger charge is 2.07. The molecule has 0 saturated heterocycles. The summed E-state index contributed by atoms with van der Waals surface area (Å²) < 4.78 is 24.8. The standard InChI is InChI=1S/C11H9F2N/c12-11(13)8-5-4-7-2-1-3-10(14)9(7)6-8/h1-6,11H,14H2. The molecule has 0 radical (unpaired) electrons. The van der Waals surface area contributed by atoms with Crippen molar-refractivity contribution in [2.45, 2.75) is 6.43 Å². The summed E-state index contributed by atoms with van der Waals surface area (Å²) in [6.45, 7) is 0. The average molecular weight is 193 g/mol. The Labute approximate surface area is 80.1 Å². The lowest BCUT2D eigenvalue weighted by Crippen LogP contribution is -1.89. The summed E-state index contributed by atoms with van der Waals surface area (Å²) in [6, 6.07) is 9.88. The molecule has 0 aliphatic rings. The second kappa shape index (κ2) is 3.25. The van der Waals surface area contributed by atoms with Crippen LogP contribution in [0.25, 0.3) is 10.8 Å². The minimum Gasteiger partial charge on any atom is -0.398 e. The van der Waals surface area contributed by atoms with E-state index in [4.69, 9.17) is 5.73 Å². The summed E-state index contributed by atoms with van der Waals surface area (Å²) in [7, 11) is 0. The Morgan fingerprint density at radius 2 is 1.86 bits per heavy atom. The number of anilines is 1. The van der Waals surface area contributed by atoms with E-state index in [-0.39, 0.29) is 5.56 Å². The fourth-order valence-corrected chi connectivity index (χ4v) is 1.45. The Bertz CT molecular complexity index is 466. The first-order valence-electron chi connectivity index (χ1n) is 4.25. The van der Waals surface area contributed by atoms with E-state index in [0.29, 0.717) is 11.1 Å². The molecule has 2 aromatic carbocycles. The van der Waals surface area contributed by atoms with Crippen LogP contribution in [-0.4, -0.2) is 0 Å². The summed E-state index contributed by atoms with van der Waals surface area (Å²) in [5, 5.41) is 1.57. The maximum Gasteiger partial charge on any atom is 0.263 e. The zero-order valence-electron chi connectivity index (χ0n) is 7.37. The molecule has 72 valence electrons. The fraction of sp³-hybridized carbons (Fsp3) is 0.0909. The van der Waals surface area contributed by atoms with Crippen LogP contribution in [0.2, 0.25) is 0 Å². The van der Waals surface area contributed by atoms with Gasteiger partial charge >= 0.3 is 0 Å². The summed E-state index contributed by atoms with van der Waals surface area (Å²) in [6.07, 6.45) is -2.45. The van der Waals surface area contributed by atoms with E-state index in [9.17, 15) is 8.78 Å². The van der Waals surface area contributed by atoms with Crippen molar-refractivity contribution in [3.8, 4) is 0 Å². The van der Waals surface area contributed by atoms with Gasteiger partial charge in [-0.15, -0.1) is 0 Å². The second-order valence-corrected chi connectivity index (χ2v) is 3.13. The first-order chi connectivity index (χ1) is 6.68. The maximum absolute atomic E-state index is 12.4. The molecule has 2 N–H and O–H groups in total. The van der Waals surface area contributed by atoms with Crippen LogP contribution in [0.3, 0.4) is 0 Å². The predicted molar refractivity (Wildman–Crippen MR) is 53.3 cm³/mol. The van der Waals surface area contributed by atoms with Gasteiger partial charge in [-0.05, 0) is 17.5 Å². The number of rotatable bonds is 1. The highest BCUT2D eigenvalue weighted by molar-refractivity contribution is 5.93. The number of alkyl halides is 2. The van der Waals surface area contributed by atoms with E-state index in [1.807, 2.05) is 6.07 Å². The third kappa shape index (κ3) is 1.41. The number of nitrogen functional groups attached to an aromatic ring is 1. The van der Waals surface area contributed by atoms with Crippen LogP contribution < -0.4 is 5.73 Å². The SMILES string of the molecule is Nc1cccc2ccc(C(F)F)cc12. The van der Waals surface area contributed by atoms with Crippen molar-refractivity contribution in [1.29, 1.82) is 0 Å². The van der Waals surface area contributed by atoms with Crippen molar-refractivity contribution in [1.82, 2.24) is 0 Å². The van der Waals surface area contributed by atoms with E-state index in [1.165, 1.54) is 12.1 Å². The molecule has 0 amide bonds. The van der Waals surface area contributed by atoms with Gasteiger partial charge in [0.1, 0.15) is 0 Å². The molecule has 2 aromatic rings. The van der Waals surface area contributed by atoms with Gasteiger partial charge < -0.3 is 5.73 Å². The van der Waals surface area contributed by atoms with Gasteiger partial charge in [0.2, 0.25) is 0 Å². The first kappa shape index (κ1) is 8.94. The zero-order chi connectivity index (χ0) is 10.1.